The summed E-state index contributed by atoms with van der Waals surface area (Å²) in [6.07, 6.45) is 0. The van der Waals surface area contributed by atoms with Crippen molar-refractivity contribution in [2.24, 2.45) is 0 Å². The molecule has 3 rings (SSSR count). The van der Waals surface area contributed by atoms with Gasteiger partial charge in [0, 0.05) is 11.8 Å². The van der Waals surface area contributed by atoms with Gasteiger partial charge in [0.1, 0.15) is 5.75 Å². The number of carbonyl (C=O) groups is 2. The van der Waals surface area contributed by atoms with Crippen LogP contribution in [-0.4, -0.2) is 39.8 Å². The van der Waals surface area contributed by atoms with Crippen molar-refractivity contribution in [2.75, 3.05) is 33.3 Å². The fourth-order valence-corrected chi connectivity index (χ4v) is 3.15. The molecule has 1 amide bonds. The van der Waals surface area contributed by atoms with Crippen molar-refractivity contribution >= 4 is 28.3 Å². The number of carbonyl (C=O) groups excluding carboxylic acids is 2. The Labute approximate surface area is 180 Å². The largest absolute Gasteiger partial charge is 0.497 e. The lowest BCUT2D eigenvalue weighted by molar-refractivity contribution is -0.148. The van der Waals surface area contributed by atoms with E-state index in [1.165, 1.54) is 14.2 Å². The van der Waals surface area contributed by atoms with E-state index in [9.17, 15) is 9.59 Å². The Bertz CT molecular complexity index is 1090. The molecule has 7 heteroatoms. The van der Waals surface area contributed by atoms with E-state index >= 15 is 0 Å². The van der Waals surface area contributed by atoms with Gasteiger partial charge >= 0.3 is 5.97 Å². The summed E-state index contributed by atoms with van der Waals surface area (Å²) in [6.45, 7) is 1.36. The molecular formula is C24H25NO6. The Morgan fingerprint density at radius 1 is 0.839 bits per heavy atom. The first-order chi connectivity index (χ1) is 14.9. The Balaban J connectivity index is 1.59. The highest BCUT2D eigenvalue weighted by atomic mass is 16.5. The third kappa shape index (κ3) is 5.25. The van der Waals surface area contributed by atoms with E-state index in [0.29, 0.717) is 17.2 Å². The molecule has 0 aliphatic heterocycles. The first-order valence-corrected chi connectivity index (χ1v) is 9.71. The maximum atomic E-state index is 12.5. The van der Waals surface area contributed by atoms with Crippen LogP contribution in [0.5, 0.6) is 17.2 Å². The summed E-state index contributed by atoms with van der Waals surface area (Å²) in [4.78, 5) is 24.7. The molecule has 0 saturated carbocycles. The number of amides is 1. The van der Waals surface area contributed by atoms with Crippen LogP contribution in [0.15, 0.2) is 54.6 Å². The molecule has 0 aliphatic rings. The van der Waals surface area contributed by atoms with E-state index < -0.39 is 17.8 Å². The smallest absolute Gasteiger partial charge is 0.313 e. The van der Waals surface area contributed by atoms with Crippen LogP contribution in [0.3, 0.4) is 0 Å². The SMILES string of the molecule is COc1ccc2cc([C@H](C)C(=O)OCC(=O)Nc3ccc(OC)c(OC)c3)ccc2c1. The third-order valence-electron chi connectivity index (χ3n) is 4.94. The van der Waals surface area contributed by atoms with Gasteiger partial charge in [-0.1, -0.05) is 24.3 Å². The average molecular weight is 423 g/mol. The van der Waals surface area contributed by atoms with E-state index in [1.807, 2.05) is 36.4 Å². The number of hydrogen-bond donors (Lipinski definition) is 1. The van der Waals surface area contributed by atoms with Crippen LogP contribution in [0.1, 0.15) is 18.4 Å². The molecule has 31 heavy (non-hydrogen) atoms. The molecule has 1 N–H and O–H groups in total. The molecule has 0 saturated heterocycles. The topological polar surface area (TPSA) is 83.1 Å². The number of fused-ring (bicyclic) bond motifs is 1. The highest BCUT2D eigenvalue weighted by molar-refractivity contribution is 5.93. The van der Waals surface area contributed by atoms with E-state index in [-0.39, 0.29) is 6.61 Å². The molecule has 0 radical (unpaired) electrons. The zero-order valence-corrected chi connectivity index (χ0v) is 17.9. The predicted octanol–water partition coefficient (Wildman–Crippen LogP) is 4.15. The monoisotopic (exact) mass is 423 g/mol. The molecule has 0 spiro atoms. The first-order valence-electron chi connectivity index (χ1n) is 9.71. The van der Waals surface area contributed by atoms with Gasteiger partial charge in [-0.15, -0.1) is 0 Å². The summed E-state index contributed by atoms with van der Waals surface area (Å²) in [7, 11) is 4.66. The highest BCUT2D eigenvalue weighted by Gasteiger charge is 2.19. The minimum Gasteiger partial charge on any atom is -0.497 e. The van der Waals surface area contributed by atoms with Crippen molar-refractivity contribution in [3.63, 3.8) is 0 Å². The zero-order valence-electron chi connectivity index (χ0n) is 17.9. The van der Waals surface area contributed by atoms with Gasteiger partial charge in [-0.2, -0.15) is 0 Å². The van der Waals surface area contributed by atoms with Crippen LogP contribution in [0.25, 0.3) is 10.8 Å². The van der Waals surface area contributed by atoms with Gasteiger partial charge in [-0.05, 0) is 47.5 Å². The molecule has 1 atom stereocenters. The lowest BCUT2D eigenvalue weighted by Gasteiger charge is -2.14. The van der Waals surface area contributed by atoms with Crippen LogP contribution < -0.4 is 19.5 Å². The molecule has 0 aliphatic carbocycles. The van der Waals surface area contributed by atoms with Gasteiger partial charge in [0.05, 0.1) is 27.2 Å². The molecular weight excluding hydrogens is 398 g/mol. The van der Waals surface area contributed by atoms with Crippen molar-refractivity contribution in [1.29, 1.82) is 0 Å². The van der Waals surface area contributed by atoms with Gasteiger partial charge < -0.3 is 24.3 Å². The van der Waals surface area contributed by atoms with Crippen LogP contribution in [0.4, 0.5) is 5.69 Å². The van der Waals surface area contributed by atoms with Crippen LogP contribution in [-0.2, 0) is 14.3 Å². The fourth-order valence-electron chi connectivity index (χ4n) is 3.15. The Hall–Kier alpha value is -3.74. The summed E-state index contributed by atoms with van der Waals surface area (Å²) >= 11 is 0. The van der Waals surface area contributed by atoms with Gasteiger partial charge in [0.2, 0.25) is 0 Å². The van der Waals surface area contributed by atoms with Gasteiger partial charge in [0.15, 0.2) is 18.1 Å². The number of anilines is 1. The maximum absolute atomic E-state index is 12.5. The summed E-state index contributed by atoms with van der Waals surface area (Å²) < 4.78 is 20.8. The summed E-state index contributed by atoms with van der Waals surface area (Å²) in [5.74, 6) is 0.372. The maximum Gasteiger partial charge on any atom is 0.313 e. The molecule has 0 aromatic heterocycles. The Morgan fingerprint density at radius 2 is 1.55 bits per heavy atom. The van der Waals surface area contributed by atoms with Crippen LogP contribution in [0.2, 0.25) is 0 Å². The minimum atomic E-state index is -0.514. The number of rotatable bonds is 8. The molecule has 7 nitrogen and oxygen atoms in total. The van der Waals surface area contributed by atoms with Crippen molar-refractivity contribution in [3.05, 3.63) is 60.2 Å². The van der Waals surface area contributed by atoms with Crippen molar-refractivity contribution < 1.29 is 28.5 Å². The summed E-state index contributed by atoms with van der Waals surface area (Å²) in [5.41, 5.74) is 1.32. The molecule has 0 fully saturated rings. The van der Waals surface area contributed by atoms with Gasteiger partial charge in [0.25, 0.3) is 5.91 Å². The number of methoxy groups -OCH3 is 3. The number of ether oxygens (including phenoxy) is 4. The van der Waals surface area contributed by atoms with Crippen molar-refractivity contribution in [2.45, 2.75) is 12.8 Å². The first kappa shape index (κ1) is 22.0. The standard InChI is InChI=1S/C24H25NO6/c1-15(16-5-6-18-12-20(28-2)9-7-17(18)11-16)24(27)31-14-23(26)25-19-8-10-21(29-3)22(13-19)30-4/h5-13,15H,14H2,1-4H3,(H,25,26)/t15-/m0/s1. The molecule has 3 aromatic rings. The molecule has 0 bridgehead atoms. The Morgan fingerprint density at radius 3 is 2.26 bits per heavy atom. The molecule has 3 aromatic carbocycles. The molecule has 0 unspecified atom stereocenters. The van der Waals surface area contributed by atoms with E-state index in [0.717, 1.165) is 22.1 Å². The summed E-state index contributed by atoms with van der Waals surface area (Å²) in [6, 6.07) is 16.5. The predicted molar refractivity (Wildman–Crippen MR) is 118 cm³/mol. The van der Waals surface area contributed by atoms with E-state index in [2.05, 4.69) is 5.32 Å². The molecule has 162 valence electrons. The Kier molecular flexibility index (Phi) is 6.97. The second-order valence-electron chi connectivity index (χ2n) is 6.92. The lowest BCUT2D eigenvalue weighted by Crippen LogP contribution is -2.23. The lowest BCUT2D eigenvalue weighted by atomic mass is 9.98. The third-order valence-corrected chi connectivity index (χ3v) is 4.94. The average Bonchev–Trinajstić information content (AvgIpc) is 2.81. The summed E-state index contributed by atoms with van der Waals surface area (Å²) in [5, 5.41) is 4.68. The minimum absolute atomic E-state index is 0.387. The number of nitrogens with one attached hydrogen (secondary N) is 1. The zero-order chi connectivity index (χ0) is 22.4. The van der Waals surface area contributed by atoms with E-state index in [1.54, 1.807) is 32.2 Å². The number of benzene rings is 3. The van der Waals surface area contributed by atoms with Crippen molar-refractivity contribution in [1.82, 2.24) is 0 Å². The van der Waals surface area contributed by atoms with Crippen LogP contribution >= 0.6 is 0 Å². The van der Waals surface area contributed by atoms with Gasteiger partial charge in [-0.25, -0.2) is 0 Å². The normalized spacial score (nSPS) is 11.5. The van der Waals surface area contributed by atoms with Crippen LogP contribution in [0, 0.1) is 0 Å². The second-order valence-corrected chi connectivity index (χ2v) is 6.92. The second kappa shape index (κ2) is 9.84. The number of hydrogen-bond acceptors (Lipinski definition) is 6. The molecule has 0 heterocycles. The fraction of sp³-hybridized carbons (Fsp3) is 0.250. The highest BCUT2D eigenvalue weighted by Crippen LogP contribution is 2.30. The van der Waals surface area contributed by atoms with Crippen molar-refractivity contribution in [3.8, 4) is 17.2 Å². The number of esters is 1. The van der Waals surface area contributed by atoms with E-state index in [4.69, 9.17) is 18.9 Å². The quantitative estimate of drug-likeness (QED) is 0.548. The van der Waals surface area contributed by atoms with Gasteiger partial charge in [-0.3, -0.25) is 9.59 Å².